The van der Waals surface area contributed by atoms with E-state index in [1.165, 1.54) is 27.2 Å². The van der Waals surface area contributed by atoms with E-state index in [0.717, 1.165) is 99.8 Å². The van der Waals surface area contributed by atoms with Crippen LogP contribution in [-0.4, -0.2) is 24.1 Å². The molecule has 0 aliphatic heterocycles. The summed E-state index contributed by atoms with van der Waals surface area (Å²) in [4.78, 5) is 16.2. The van der Waals surface area contributed by atoms with Gasteiger partial charge in [0, 0.05) is 54.7 Å². The van der Waals surface area contributed by atoms with E-state index in [1.54, 1.807) is 0 Å². The lowest BCUT2D eigenvalue weighted by atomic mass is 9.95. The molecule has 0 unspecified atom stereocenters. The zero-order valence-corrected chi connectivity index (χ0v) is 40.5. The van der Waals surface area contributed by atoms with Gasteiger partial charge >= 0.3 is 0 Å². The van der Waals surface area contributed by atoms with E-state index in [1.807, 2.05) is 30.3 Å². The average molecular weight is 958 g/mol. The standard InChI is InChI=1S/C69H43N5O/c1-4-18-44(19-5-1)46-34-36-47(37-35-46)67-70-68(49-39-41-64-57(42-49)51-24-12-15-33-63(51)75-64)72-69(71-67)56-40-38-48(45-20-6-2-7-21-45)43-62(56)74-59-30-14-11-26-55(59)66-53(28-17-32-61(66)74)52-27-16-31-60-65(52)54-25-10-13-29-58(54)73(60)50-22-8-3-9-23-50/h1-43H. The van der Waals surface area contributed by atoms with E-state index in [4.69, 9.17) is 19.4 Å². The second-order valence-corrected chi connectivity index (χ2v) is 19.1. The normalized spacial score (nSPS) is 11.7. The highest BCUT2D eigenvalue weighted by molar-refractivity contribution is 6.22. The molecule has 4 heterocycles. The molecule has 0 bridgehead atoms. The fourth-order valence-corrected chi connectivity index (χ4v) is 11.4. The van der Waals surface area contributed by atoms with Crippen molar-refractivity contribution in [2.75, 3.05) is 0 Å². The minimum atomic E-state index is 0.564. The highest BCUT2D eigenvalue weighted by Crippen LogP contribution is 2.45. The molecule has 6 nitrogen and oxygen atoms in total. The molecule has 0 fully saturated rings. The fraction of sp³-hybridized carbons (Fsp3) is 0. The molecule has 0 radical (unpaired) electrons. The number of aromatic nitrogens is 5. The van der Waals surface area contributed by atoms with Gasteiger partial charge in [-0.25, -0.2) is 15.0 Å². The van der Waals surface area contributed by atoms with E-state index >= 15 is 0 Å². The molecule has 0 amide bonds. The molecule has 6 heteroatoms. The van der Waals surface area contributed by atoms with Crippen LogP contribution in [0.4, 0.5) is 0 Å². The molecule has 0 saturated carbocycles. The maximum absolute atomic E-state index is 6.29. The van der Waals surface area contributed by atoms with Gasteiger partial charge in [0.2, 0.25) is 0 Å². The van der Waals surface area contributed by atoms with Crippen LogP contribution in [0.25, 0.3) is 144 Å². The summed E-state index contributed by atoms with van der Waals surface area (Å²) in [7, 11) is 0. The fourth-order valence-electron chi connectivity index (χ4n) is 11.4. The molecule has 15 rings (SSSR count). The van der Waals surface area contributed by atoms with Crippen molar-refractivity contribution >= 4 is 65.6 Å². The van der Waals surface area contributed by atoms with Crippen LogP contribution in [-0.2, 0) is 0 Å². The maximum Gasteiger partial charge on any atom is 0.166 e. The Bertz CT molecular complexity index is 4690. The largest absolute Gasteiger partial charge is 0.456 e. The van der Waals surface area contributed by atoms with E-state index in [2.05, 4.69) is 240 Å². The summed E-state index contributed by atoms with van der Waals surface area (Å²) >= 11 is 0. The molecular formula is C69H43N5O. The summed E-state index contributed by atoms with van der Waals surface area (Å²) in [5, 5.41) is 6.80. The second kappa shape index (κ2) is 17.3. The summed E-state index contributed by atoms with van der Waals surface area (Å²) in [5.74, 6) is 1.71. The minimum absolute atomic E-state index is 0.564. The number of hydrogen-bond acceptors (Lipinski definition) is 4. The Morgan fingerprint density at radius 2 is 0.733 bits per heavy atom. The first-order chi connectivity index (χ1) is 37.2. The Morgan fingerprint density at radius 1 is 0.267 bits per heavy atom. The van der Waals surface area contributed by atoms with Crippen molar-refractivity contribution in [3.63, 3.8) is 0 Å². The molecule has 15 aromatic rings. The lowest BCUT2D eigenvalue weighted by Crippen LogP contribution is -2.04. The number of nitrogens with zero attached hydrogens (tertiary/aromatic N) is 5. The zero-order chi connectivity index (χ0) is 49.4. The SMILES string of the molecule is c1ccc(-c2ccc(-c3nc(-c4ccc5oc6ccccc6c5c4)nc(-c4ccc(-c5ccccc5)cc4-n4c5ccccc5c5c(-c6cccc7c6c6ccccc6n7-c6ccccc6)cccc54)n3)cc2)cc1. The van der Waals surface area contributed by atoms with Crippen LogP contribution >= 0.6 is 0 Å². The van der Waals surface area contributed by atoms with Crippen LogP contribution < -0.4 is 0 Å². The minimum Gasteiger partial charge on any atom is -0.456 e. The highest BCUT2D eigenvalue weighted by atomic mass is 16.3. The Morgan fingerprint density at radius 3 is 1.41 bits per heavy atom. The molecule has 0 aliphatic rings. The van der Waals surface area contributed by atoms with Gasteiger partial charge in [-0.1, -0.05) is 188 Å². The quantitative estimate of drug-likeness (QED) is 0.152. The smallest absolute Gasteiger partial charge is 0.166 e. The molecule has 0 atom stereocenters. The van der Waals surface area contributed by atoms with Crippen molar-refractivity contribution < 1.29 is 4.42 Å². The van der Waals surface area contributed by atoms with Gasteiger partial charge in [-0.15, -0.1) is 0 Å². The molecule has 75 heavy (non-hydrogen) atoms. The lowest BCUT2D eigenvalue weighted by molar-refractivity contribution is 0.669. The van der Waals surface area contributed by atoms with E-state index in [0.29, 0.717) is 17.5 Å². The first kappa shape index (κ1) is 42.5. The molecule has 0 saturated heterocycles. The van der Waals surface area contributed by atoms with Crippen molar-refractivity contribution in [1.82, 2.24) is 24.1 Å². The van der Waals surface area contributed by atoms with Gasteiger partial charge in [0.25, 0.3) is 0 Å². The predicted octanol–water partition coefficient (Wildman–Crippen LogP) is 18.0. The van der Waals surface area contributed by atoms with E-state index < -0.39 is 0 Å². The number of hydrogen-bond donors (Lipinski definition) is 0. The van der Waals surface area contributed by atoms with Gasteiger partial charge in [0.1, 0.15) is 11.2 Å². The number of benzene rings is 11. The molecule has 0 N–H and O–H groups in total. The molecule has 4 aromatic heterocycles. The van der Waals surface area contributed by atoms with Gasteiger partial charge in [0.05, 0.1) is 27.8 Å². The number of furan rings is 1. The summed E-state index contributed by atoms with van der Waals surface area (Å²) < 4.78 is 11.1. The first-order valence-corrected chi connectivity index (χ1v) is 25.3. The van der Waals surface area contributed by atoms with Crippen LogP contribution in [0.15, 0.2) is 265 Å². The van der Waals surface area contributed by atoms with Crippen molar-refractivity contribution in [2.24, 2.45) is 0 Å². The van der Waals surface area contributed by atoms with Gasteiger partial charge in [-0.3, -0.25) is 0 Å². The van der Waals surface area contributed by atoms with Crippen LogP contribution in [0.1, 0.15) is 0 Å². The highest BCUT2D eigenvalue weighted by Gasteiger charge is 2.24. The molecule has 0 spiro atoms. The van der Waals surface area contributed by atoms with Crippen LogP contribution in [0.3, 0.4) is 0 Å². The predicted molar refractivity (Wildman–Crippen MR) is 308 cm³/mol. The number of fused-ring (bicyclic) bond motifs is 9. The van der Waals surface area contributed by atoms with E-state index in [-0.39, 0.29) is 0 Å². The van der Waals surface area contributed by atoms with Crippen molar-refractivity contribution in [2.45, 2.75) is 0 Å². The summed E-state index contributed by atoms with van der Waals surface area (Å²) in [6.07, 6.45) is 0. The monoisotopic (exact) mass is 957 g/mol. The Hall–Kier alpha value is -10.2. The third-order valence-electron chi connectivity index (χ3n) is 14.8. The summed E-state index contributed by atoms with van der Waals surface area (Å²) in [6.45, 7) is 0. The van der Waals surface area contributed by atoms with Gasteiger partial charge in [-0.05, 0) is 106 Å². The van der Waals surface area contributed by atoms with Crippen molar-refractivity contribution in [3.05, 3.63) is 261 Å². The number of rotatable bonds is 8. The van der Waals surface area contributed by atoms with Gasteiger partial charge < -0.3 is 13.6 Å². The zero-order valence-electron chi connectivity index (χ0n) is 40.5. The first-order valence-electron chi connectivity index (χ1n) is 25.3. The molecular weight excluding hydrogens is 915 g/mol. The maximum atomic E-state index is 6.29. The second-order valence-electron chi connectivity index (χ2n) is 19.1. The summed E-state index contributed by atoms with van der Waals surface area (Å²) in [5.41, 5.74) is 17.7. The topological polar surface area (TPSA) is 61.7 Å². The third kappa shape index (κ3) is 6.99. The Kier molecular flexibility index (Phi) is 9.78. The molecule has 0 aliphatic carbocycles. The Labute approximate surface area is 431 Å². The van der Waals surface area contributed by atoms with Crippen LogP contribution in [0, 0.1) is 0 Å². The van der Waals surface area contributed by atoms with Gasteiger partial charge in [0.15, 0.2) is 17.5 Å². The van der Waals surface area contributed by atoms with Crippen LogP contribution in [0.5, 0.6) is 0 Å². The Balaban J connectivity index is 0.987. The lowest BCUT2D eigenvalue weighted by Gasteiger charge is -2.17. The van der Waals surface area contributed by atoms with Gasteiger partial charge in [-0.2, -0.15) is 0 Å². The summed E-state index contributed by atoms with van der Waals surface area (Å²) in [6, 6.07) is 92.4. The number of para-hydroxylation sites is 4. The van der Waals surface area contributed by atoms with Crippen molar-refractivity contribution in [1.29, 1.82) is 0 Å². The van der Waals surface area contributed by atoms with E-state index in [9.17, 15) is 0 Å². The van der Waals surface area contributed by atoms with Crippen LogP contribution in [0.2, 0.25) is 0 Å². The molecule has 350 valence electrons. The average Bonchev–Trinajstić information content (AvgIpc) is 4.16. The van der Waals surface area contributed by atoms with Crippen molar-refractivity contribution in [3.8, 4) is 78.9 Å². The molecule has 11 aromatic carbocycles. The third-order valence-corrected chi connectivity index (χ3v) is 14.8.